The fraction of sp³-hybridized carbons (Fsp3) is 0.381. The van der Waals surface area contributed by atoms with Gasteiger partial charge in [-0.3, -0.25) is 14.7 Å². The number of amides is 1. The molecular formula is C21H25ClN4O3. The van der Waals surface area contributed by atoms with Crippen molar-refractivity contribution in [2.45, 2.75) is 38.5 Å². The van der Waals surface area contributed by atoms with Gasteiger partial charge >= 0.3 is 0 Å². The van der Waals surface area contributed by atoms with Crippen LogP contribution in [-0.2, 0) is 9.53 Å². The molecule has 0 spiro atoms. The molecule has 2 heterocycles. The molecule has 154 valence electrons. The van der Waals surface area contributed by atoms with Crippen molar-refractivity contribution in [3.05, 3.63) is 47.2 Å². The number of pyridine rings is 1. The second kappa shape index (κ2) is 9.24. The Morgan fingerprint density at radius 3 is 2.86 bits per heavy atom. The quantitative estimate of drug-likeness (QED) is 0.442. The Kier molecular flexibility index (Phi) is 6.71. The molecule has 0 saturated heterocycles. The average molecular weight is 417 g/mol. The fourth-order valence-electron chi connectivity index (χ4n) is 3.25. The zero-order chi connectivity index (χ0) is 21.0. The summed E-state index contributed by atoms with van der Waals surface area (Å²) in [7, 11) is 1.56. The van der Waals surface area contributed by atoms with Gasteiger partial charge in [0, 0.05) is 37.2 Å². The first kappa shape index (κ1) is 21.1. The molecule has 0 bridgehead atoms. The highest BCUT2D eigenvalue weighted by Gasteiger charge is 2.37. The number of rotatable bonds is 6. The standard InChI is InChI=1S/C21H25ClN4O3/c1-4-7-28-20-13(2)29-18-6-5-14(15-8-16(22)11-24-10-15)9-17(18)19(20)25-21(23)26(3)12-27/h5-6,8-13,19-20H,4,7H2,1-3H3,(H2,23,25)/t13-,19-,20+/m0/s1. The Bertz CT molecular complexity index is 905. The van der Waals surface area contributed by atoms with E-state index in [0.717, 1.165) is 23.1 Å². The van der Waals surface area contributed by atoms with Crippen LogP contribution in [0.4, 0.5) is 0 Å². The van der Waals surface area contributed by atoms with Crippen LogP contribution in [0.1, 0.15) is 31.9 Å². The highest BCUT2D eigenvalue weighted by molar-refractivity contribution is 6.30. The predicted molar refractivity (Wildman–Crippen MR) is 113 cm³/mol. The van der Waals surface area contributed by atoms with Gasteiger partial charge in [-0.25, -0.2) is 4.99 Å². The van der Waals surface area contributed by atoms with E-state index in [2.05, 4.69) is 9.98 Å². The number of aromatic nitrogens is 1. The molecule has 3 atom stereocenters. The Balaban J connectivity index is 2.08. The van der Waals surface area contributed by atoms with E-state index in [-0.39, 0.29) is 18.2 Å². The largest absolute Gasteiger partial charge is 0.488 e. The zero-order valence-corrected chi connectivity index (χ0v) is 17.5. The van der Waals surface area contributed by atoms with E-state index in [1.165, 1.54) is 4.90 Å². The van der Waals surface area contributed by atoms with Gasteiger partial charge in [-0.1, -0.05) is 24.6 Å². The summed E-state index contributed by atoms with van der Waals surface area (Å²) in [5.74, 6) is 0.827. The Labute approximate surface area is 175 Å². The maximum Gasteiger partial charge on any atom is 0.216 e. The van der Waals surface area contributed by atoms with Crippen molar-refractivity contribution in [2.75, 3.05) is 13.7 Å². The maximum atomic E-state index is 11.1. The monoisotopic (exact) mass is 416 g/mol. The summed E-state index contributed by atoms with van der Waals surface area (Å²) in [5.41, 5.74) is 8.68. The third kappa shape index (κ3) is 4.68. The summed E-state index contributed by atoms with van der Waals surface area (Å²) in [6.45, 7) is 4.56. The van der Waals surface area contributed by atoms with Crippen LogP contribution in [-0.4, -0.2) is 48.1 Å². The van der Waals surface area contributed by atoms with Crippen molar-refractivity contribution in [1.82, 2.24) is 9.88 Å². The molecule has 3 rings (SSSR count). The van der Waals surface area contributed by atoms with Gasteiger partial charge in [0.2, 0.25) is 6.41 Å². The van der Waals surface area contributed by atoms with Gasteiger partial charge in [-0.2, -0.15) is 0 Å². The second-order valence-corrected chi connectivity index (χ2v) is 7.39. The lowest BCUT2D eigenvalue weighted by Gasteiger charge is -2.36. The smallest absolute Gasteiger partial charge is 0.216 e. The molecule has 0 fully saturated rings. The first-order valence-corrected chi connectivity index (χ1v) is 9.87. The van der Waals surface area contributed by atoms with E-state index in [1.807, 2.05) is 38.1 Å². The normalized spacial score (nSPS) is 21.2. The van der Waals surface area contributed by atoms with Crippen molar-refractivity contribution in [3.63, 3.8) is 0 Å². The van der Waals surface area contributed by atoms with Crippen LogP contribution in [0.15, 0.2) is 41.7 Å². The Hall–Kier alpha value is -2.64. The van der Waals surface area contributed by atoms with Gasteiger partial charge in [-0.15, -0.1) is 0 Å². The second-order valence-electron chi connectivity index (χ2n) is 6.95. The van der Waals surface area contributed by atoms with Crippen molar-refractivity contribution in [1.29, 1.82) is 0 Å². The lowest BCUT2D eigenvalue weighted by molar-refractivity contribution is -0.114. The van der Waals surface area contributed by atoms with Gasteiger partial charge in [0.15, 0.2) is 5.96 Å². The zero-order valence-electron chi connectivity index (χ0n) is 16.7. The highest BCUT2D eigenvalue weighted by atomic mass is 35.5. The molecule has 2 N–H and O–H groups in total. The number of hydrogen-bond acceptors (Lipinski definition) is 5. The summed E-state index contributed by atoms with van der Waals surface area (Å²) in [6, 6.07) is 7.27. The summed E-state index contributed by atoms with van der Waals surface area (Å²) in [5, 5.41) is 0.556. The SMILES string of the molecule is CCCO[C@@H]1[C@H](C)Oc2ccc(-c3cncc(Cl)c3)cc2[C@@H]1N=C(N)N(C)C=O. The molecule has 0 saturated carbocycles. The van der Waals surface area contributed by atoms with Crippen molar-refractivity contribution in [3.8, 4) is 16.9 Å². The topological polar surface area (TPSA) is 90.0 Å². The molecule has 29 heavy (non-hydrogen) atoms. The lowest BCUT2D eigenvalue weighted by Crippen LogP contribution is -2.42. The van der Waals surface area contributed by atoms with Crippen LogP contribution in [0.5, 0.6) is 5.75 Å². The van der Waals surface area contributed by atoms with E-state index in [4.69, 9.17) is 26.8 Å². The van der Waals surface area contributed by atoms with Crippen molar-refractivity contribution < 1.29 is 14.3 Å². The first-order chi connectivity index (χ1) is 13.9. The molecule has 8 heteroatoms. The fourth-order valence-corrected chi connectivity index (χ4v) is 3.42. The number of guanidine groups is 1. The number of nitrogens with two attached hydrogens (primary N) is 1. The lowest BCUT2D eigenvalue weighted by atomic mass is 9.92. The van der Waals surface area contributed by atoms with Gasteiger partial charge in [0.1, 0.15) is 24.0 Å². The number of aliphatic imine (C=N–C) groups is 1. The van der Waals surface area contributed by atoms with Crippen LogP contribution in [0.2, 0.25) is 5.02 Å². The molecule has 1 aliphatic rings. The molecule has 1 amide bonds. The molecule has 0 unspecified atom stereocenters. The van der Waals surface area contributed by atoms with Gasteiger partial charge < -0.3 is 15.2 Å². The third-order valence-electron chi connectivity index (χ3n) is 4.76. The van der Waals surface area contributed by atoms with Crippen LogP contribution < -0.4 is 10.5 Å². The van der Waals surface area contributed by atoms with Crippen molar-refractivity contribution in [2.24, 2.45) is 10.7 Å². The molecule has 1 aromatic heterocycles. The first-order valence-electron chi connectivity index (χ1n) is 9.49. The predicted octanol–water partition coefficient (Wildman–Crippen LogP) is 3.42. The van der Waals surface area contributed by atoms with Crippen LogP contribution in [0, 0.1) is 0 Å². The molecule has 7 nitrogen and oxygen atoms in total. The minimum atomic E-state index is -0.421. The van der Waals surface area contributed by atoms with Gasteiger partial charge in [-0.05, 0) is 37.1 Å². The molecule has 2 aromatic rings. The van der Waals surface area contributed by atoms with Crippen LogP contribution >= 0.6 is 11.6 Å². The van der Waals surface area contributed by atoms with Gasteiger partial charge in [0.25, 0.3) is 0 Å². The number of carbonyl (C=O) groups excluding carboxylic acids is 1. The van der Waals surface area contributed by atoms with Crippen molar-refractivity contribution >= 4 is 24.0 Å². The van der Waals surface area contributed by atoms with Crippen LogP contribution in [0.25, 0.3) is 11.1 Å². The molecular weight excluding hydrogens is 392 g/mol. The van der Waals surface area contributed by atoms with E-state index >= 15 is 0 Å². The molecule has 0 aliphatic carbocycles. The number of hydrogen-bond donors (Lipinski definition) is 1. The molecule has 1 aromatic carbocycles. The summed E-state index contributed by atoms with van der Waals surface area (Å²) >= 11 is 6.10. The Morgan fingerprint density at radius 2 is 2.17 bits per heavy atom. The number of carbonyl (C=O) groups is 1. The minimum Gasteiger partial charge on any atom is -0.488 e. The highest BCUT2D eigenvalue weighted by Crippen LogP contribution is 2.41. The van der Waals surface area contributed by atoms with E-state index in [1.54, 1.807) is 19.4 Å². The molecule has 0 radical (unpaired) electrons. The number of nitrogens with zero attached hydrogens (tertiary/aromatic N) is 3. The number of ether oxygens (including phenoxy) is 2. The summed E-state index contributed by atoms with van der Waals surface area (Å²) < 4.78 is 12.2. The minimum absolute atomic E-state index is 0.116. The third-order valence-corrected chi connectivity index (χ3v) is 4.97. The van der Waals surface area contributed by atoms with E-state index < -0.39 is 6.04 Å². The Morgan fingerprint density at radius 1 is 1.38 bits per heavy atom. The van der Waals surface area contributed by atoms with E-state index in [0.29, 0.717) is 23.8 Å². The van der Waals surface area contributed by atoms with Gasteiger partial charge in [0.05, 0.1) is 5.02 Å². The van der Waals surface area contributed by atoms with E-state index in [9.17, 15) is 4.79 Å². The average Bonchev–Trinajstić information content (AvgIpc) is 2.72. The number of halogens is 1. The summed E-state index contributed by atoms with van der Waals surface area (Å²) in [4.78, 5) is 21.1. The summed E-state index contributed by atoms with van der Waals surface area (Å²) in [6.07, 6.45) is 4.26. The molecule has 1 aliphatic heterocycles. The van der Waals surface area contributed by atoms with Crippen LogP contribution in [0.3, 0.4) is 0 Å². The maximum absolute atomic E-state index is 11.1. The number of benzene rings is 1. The number of fused-ring (bicyclic) bond motifs is 1.